The Hall–Kier alpha value is -1.68. The molecule has 0 spiro atoms. The molecule has 0 aromatic heterocycles. The van der Waals surface area contributed by atoms with Crippen molar-refractivity contribution in [2.45, 2.75) is 38.6 Å². The zero-order chi connectivity index (χ0) is 14.8. The Balaban J connectivity index is 1.69. The summed E-state index contributed by atoms with van der Waals surface area (Å²) in [4.78, 5) is 26.6. The first-order valence-corrected chi connectivity index (χ1v) is 7.87. The van der Waals surface area contributed by atoms with Crippen LogP contribution >= 0.6 is 0 Å². The lowest BCUT2D eigenvalue weighted by Gasteiger charge is -2.16. The molecule has 1 heterocycles. The van der Waals surface area contributed by atoms with Crippen LogP contribution in [0.5, 0.6) is 0 Å². The number of amides is 1. The van der Waals surface area contributed by atoms with Gasteiger partial charge in [0, 0.05) is 36.7 Å². The van der Waals surface area contributed by atoms with Crippen LogP contribution in [-0.4, -0.2) is 42.3 Å². The number of rotatable bonds is 4. The lowest BCUT2D eigenvalue weighted by atomic mass is 10.0. The zero-order valence-corrected chi connectivity index (χ0v) is 12.5. The predicted octanol–water partition coefficient (Wildman–Crippen LogP) is 2.03. The number of hydrogen-bond donors (Lipinski definition) is 1. The van der Waals surface area contributed by atoms with Crippen LogP contribution < -0.4 is 5.32 Å². The number of Topliss-reactive ketones (excluding diaryl/α,β-unsaturated/α-hetero) is 1. The Morgan fingerprint density at radius 2 is 2.24 bits per heavy atom. The lowest BCUT2D eigenvalue weighted by molar-refractivity contribution is 0.0936. The number of nitrogens with one attached hydrogen (secondary N) is 1. The van der Waals surface area contributed by atoms with Gasteiger partial charge < -0.3 is 10.2 Å². The molecule has 1 aliphatic heterocycles. The van der Waals surface area contributed by atoms with Crippen molar-refractivity contribution in [3.05, 3.63) is 34.9 Å². The summed E-state index contributed by atoms with van der Waals surface area (Å²) in [5.74, 6) is 0.138. The highest BCUT2D eigenvalue weighted by Crippen LogP contribution is 2.25. The molecular formula is C17H22N2O2. The summed E-state index contributed by atoms with van der Waals surface area (Å²) < 4.78 is 0. The Labute approximate surface area is 125 Å². The monoisotopic (exact) mass is 286 g/mol. The van der Waals surface area contributed by atoms with Crippen molar-refractivity contribution < 1.29 is 9.59 Å². The van der Waals surface area contributed by atoms with Gasteiger partial charge in [0.15, 0.2) is 5.78 Å². The zero-order valence-electron chi connectivity index (χ0n) is 12.5. The van der Waals surface area contributed by atoms with Gasteiger partial charge in [-0.2, -0.15) is 0 Å². The third kappa shape index (κ3) is 2.86. The summed E-state index contributed by atoms with van der Waals surface area (Å²) >= 11 is 0. The standard InChI is InChI=1S/C17H22N2O2/c1-2-9-19-10-8-12(11-19)18-17(21)15-5-3-4-14-13(15)6-7-16(14)20/h3-5,12H,2,6-11H2,1H3,(H,18,21)/t12-/m0/s1. The van der Waals surface area contributed by atoms with E-state index in [1.165, 1.54) is 0 Å². The quantitative estimate of drug-likeness (QED) is 0.921. The maximum absolute atomic E-state index is 12.5. The first kappa shape index (κ1) is 14.3. The van der Waals surface area contributed by atoms with Crippen molar-refractivity contribution >= 4 is 11.7 Å². The molecule has 21 heavy (non-hydrogen) atoms. The van der Waals surface area contributed by atoms with Gasteiger partial charge in [0.05, 0.1) is 0 Å². The third-order valence-electron chi connectivity index (χ3n) is 4.47. The van der Waals surface area contributed by atoms with Crippen molar-refractivity contribution in [3.8, 4) is 0 Å². The molecule has 0 bridgehead atoms. The molecule has 1 aliphatic carbocycles. The van der Waals surface area contributed by atoms with Gasteiger partial charge in [-0.1, -0.05) is 19.1 Å². The minimum atomic E-state index is -0.0232. The molecule has 1 aromatic carbocycles. The molecule has 1 atom stereocenters. The topological polar surface area (TPSA) is 49.4 Å². The normalized spacial score (nSPS) is 21.6. The van der Waals surface area contributed by atoms with Gasteiger partial charge in [-0.25, -0.2) is 0 Å². The maximum Gasteiger partial charge on any atom is 0.251 e. The van der Waals surface area contributed by atoms with Crippen LogP contribution in [0.4, 0.5) is 0 Å². The average molecular weight is 286 g/mol. The summed E-state index contributed by atoms with van der Waals surface area (Å²) in [6.07, 6.45) is 3.40. The number of carbonyl (C=O) groups is 2. The number of ketones is 1. The molecule has 3 rings (SSSR count). The molecule has 1 N–H and O–H groups in total. The van der Waals surface area contributed by atoms with Gasteiger partial charge in [-0.05, 0) is 37.4 Å². The number of hydrogen-bond acceptors (Lipinski definition) is 3. The van der Waals surface area contributed by atoms with E-state index in [-0.39, 0.29) is 17.7 Å². The third-order valence-corrected chi connectivity index (χ3v) is 4.47. The van der Waals surface area contributed by atoms with E-state index in [1.807, 2.05) is 18.2 Å². The summed E-state index contributed by atoms with van der Waals surface area (Å²) in [7, 11) is 0. The van der Waals surface area contributed by atoms with Crippen molar-refractivity contribution in [1.29, 1.82) is 0 Å². The molecule has 0 unspecified atom stereocenters. The van der Waals surface area contributed by atoms with Gasteiger partial charge >= 0.3 is 0 Å². The Morgan fingerprint density at radius 1 is 1.38 bits per heavy atom. The molecule has 1 fully saturated rings. The van der Waals surface area contributed by atoms with E-state index < -0.39 is 0 Å². The molecular weight excluding hydrogens is 264 g/mol. The van der Waals surface area contributed by atoms with Crippen LogP contribution in [0.25, 0.3) is 0 Å². The van der Waals surface area contributed by atoms with Crippen LogP contribution in [0.15, 0.2) is 18.2 Å². The molecule has 1 saturated heterocycles. The first-order chi connectivity index (χ1) is 10.2. The second kappa shape index (κ2) is 5.98. The van der Waals surface area contributed by atoms with Crippen molar-refractivity contribution in [2.24, 2.45) is 0 Å². The van der Waals surface area contributed by atoms with Crippen molar-refractivity contribution in [3.63, 3.8) is 0 Å². The van der Waals surface area contributed by atoms with Gasteiger partial charge in [-0.3, -0.25) is 9.59 Å². The summed E-state index contributed by atoms with van der Waals surface area (Å²) in [5, 5.41) is 3.14. The lowest BCUT2D eigenvalue weighted by Crippen LogP contribution is -2.37. The smallest absolute Gasteiger partial charge is 0.251 e. The van der Waals surface area contributed by atoms with E-state index >= 15 is 0 Å². The minimum absolute atomic E-state index is 0.0232. The van der Waals surface area contributed by atoms with E-state index in [1.54, 1.807) is 0 Å². The highest BCUT2D eigenvalue weighted by atomic mass is 16.2. The molecule has 112 valence electrons. The fourth-order valence-corrected chi connectivity index (χ4v) is 3.44. The number of fused-ring (bicyclic) bond motifs is 1. The second-order valence-corrected chi connectivity index (χ2v) is 6.01. The van der Waals surface area contributed by atoms with Crippen LogP contribution in [0.2, 0.25) is 0 Å². The summed E-state index contributed by atoms with van der Waals surface area (Å²) in [6.45, 7) is 5.27. The largest absolute Gasteiger partial charge is 0.348 e. The van der Waals surface area contributed by atoms with Gasteiger partial charge in [0.1, 0.15) is 0 Å². The second-order valence-electron chi connectivity index (χ2n) is 6.01. The minimum Gasteiger partial charge on any atom is -0.348 e. The number of nitrogens with zero attached hydrogens (tertiary/aromatic N) is 1. The van der Waals surface area contributed by atoms with Crippen LogP contribution in [0, 0.1) is 0 Å². The maximum atomic E-state index is 12.5. The van der Waals surface area contributed by atoms with Crippen LogP contribution in [-0.2, 0) is 6.42 Å². The van der Waals surface area contributed by atoms with E-state index in [4.69, 9.17) is 0 Å². The summed E-state index contributed by atoms with van der Waals surface area (Å²) in [6, 6.07) is 5.72. The van der Waals surface area contributed by atoms with E-state index in [0.717, 1.165) is 43.6 Å². The Bertz CT molecular complexity index is 568. The molecule has 0 saturated carbocycles. The molecule has 4 heteroatoms. The van der Waals surface area contributed by atoms with Crippen LogP contribution in [0.1, 0.15) is 52.5 Å². The Morgan fingerprint density at radius 3 is 3.05 bits per heavy atom. The van der Waals surface area contributed by atoms with Crippen LogP contribution in [0.3, 0.4) is 0 Å². The molecule has 4 nitrogen and oxygen atoms in total. The van der Waals surface area contributed by atoms with Gasteiger partial charge in [-0.15, -0.1) is 0 Å². The van der Waals surface area contributed by atoms with E-state index in [2.05, 4.69) is 17.1 Å². The molecule has 0 radical (unpaired) electrons. The van der Waals surface area contributed by atoms with E-state index in [0.29, 0.717) is 18.4 Å². The molecule has 1 amide bonds. The number of benzene rings is 1. The highest BCUT2D eigenvalue weighted by molar-refractivity contribution is 6.05. The number of likely N-dealkylation sites (tertiary alicyclic amines) is 1. The Kier molecular flexibility index (Phi) is 4.06. The van der Waals surface area contributed by atoms with Gasteiger partial charge in [0.2, 0.25) is 0 Å². The van der Waals surface area contributed by atoms with Crippen molar-refractivity contribution in [1.82, 2.24) is 10.2 Å². The fourth-order valence-electron chi connectivity index (χ4n) is 3.44. The SMILES string of the molecule is CCCN1CC[C@H](NC(=O)c2cccc3c2CCC3=O)C1. The predicted molar refractivity (Wildman–Crippen MR) is 81.7 cm³/mol. The number of carbonyl (C=O) groups excluding carboxylic acids is 2. The first-order valence-electron chi connectivity index (χ1n) is 7.87. The average Bonchev–Trinajstić information content (AvgIpc) is 3.07. The highest BCUT2D eigenvalue weighted by Gasteiger charge is 2.27. The van der Waals surface area contributed by atoms with Gasteiger partial charge in [0.25, 0.3) is 5.91 Å². The van der Waals surface area contributed by atoms with Crippen molar-refractivity contribution in [2.75, 3.05) is 19.6 Å². The summed E-state index contributed by atoms with van der Waals surface area (Å²) in [5.41, 5.74) is 2.36. The molecule has 1 aromatic rings. The molecule has 2 aliphatic rings. The fraction of sp³-hybridized carbons (Fsp3) is 0.529. The van der Waals surface area contributed by atoms with E-state index in [9.17, 15) is 9.59 Å².